The summed E-state index contributed by atoms with van der Waals surface area (Å²) in [5, 5.41) is 10.6. The molecule has 0 spiro atoms. The van der Waals surface area contributed by atoms with Gasteiger partial charge < -0.3 is 9.88 Å². The van der Waals surface area contributed by atoms with E-state index in [1.165, 1.54) is 17.4 Å². The van der Waals surface area contributed by atoms with Gasteiger partial charge in [-0.15, -0.1) is 0 Å². The van der Waals surface area contributed by atoms with Crippen molar-refractivity contribution in [3.63, 3.8) is 0 Å². The van der Waals surface area contributed by atoms with Gasteiger partial charge in [-0.3, -0.25) is 19.3 Å². The number of unbranched alkanes of at least 4 members (excludes halogenated alkanes) is 3. The summed E-state index contributed by atoms with van der Waals surface area (Å²) >= 11 is 0. The maximum absolute atomic E-state index is 13.4. The molecule has 0 saturated heterocycles. The highest BCUT2D eigenvalue weighted by atomic mass is 16.6. The average molecular weight is 517 g/mol. The Labute approximate surface area is 220 Å². The van der Waals surface area contributed by atoms with Crippen molar-refractivity contribution in [3.8, 4) is 0 Å². The summed E-state index contributed by atoms with van der Waals surface area (Å²) in [7, 11) is 1.96. The van der Waals surface area contributed by atoms with Gasteiger partial charge in [0.2, 0.25) is 0 Å². The summed E-state index contributed by atoms with van der Waals surface area (Å²) in [4.78, 5) is 46.2. The molecule has 37 heavy (non-hydrogen) atoms. The van der Waals surface area contributed by atoms with Gasteiger partial charge in [0, 0.05) is 18.5 Å². The second-order valence-corrected chi connectivity index (χ2v) is 9.76. The van der Waals surface area contributed by atoms with Crippen molar-refractivity contribution in [2.45, 2.75) is 98.6 Å². The number of Topliss-reactive ketones (excluding diaryl/α,β-unsaturated/α-hetero) is 2. The van der Waals surface area contributed by atoms with E-state index >= 15 is 0 Å². The molecule has 206 valence electrons. The molecule has 1 unspecified atom stereocenters. The van der Waals surface area contributed by atoms with Crippen LogP contribution in [0, 0.1) is 12.8 Å². The van der Waals surface area contributed by atoms with E-state index in [0.29, 0.717) is 42.9 Å². The van der Waals surface area contributed by atoms with E-state index in [2.05, 4.69) is 27.5 Å². The predicted octanol–water partition coefficient (Wildman–Crippen LogP) is 4.13. The minimum atomic E-state index is -0.662. The first-order chi connectivity index (χ1) is 17.7. The quantitative estimate of drug-likeness (QED) is 0.291. The van der Waals surface area contributed by atoms with E-state index in [1.807, 2.05) is 32.7 Å². The molecule has 0 fully saturated rings. The van der Waals surface area contributed by atoms with Crippen LogP contribution in [0.1, 0.15) is 95.8 Å². The zero-order valence-electron chi connectivity index (χ0n) is 23.4. The van der Waals surface area contributed by atoms with Crippen LogP contribution in [0.25, 0.3) is 0 Å². The molecule has 0 aliphatic rings. The lowest BCUT2D eigenvalue weighted by Crippen LogP contribution is -2.35. The van der Waals surface area contributed by atoms with Crippen molar-refractivity contribution >= 4 is 17.4 Å². The summed E-state index contributed by atoms with van der Waals surface area (Å²) in [6.45, 7) is 11.2. The molecular formula is C27H44N6O4. The number of hydrogen-bond donors (Lipinski definition) is 1. The van der Waals surface area contributed by atoms with Crippen LogP contribution in [0.4, 0.5) is 5.82 Å². The minimum absolute atomic E-state index is 0.0824. The largest absolute Gasteiger partial charge is 0.360 e. The monoisotopic (exact) mass is 516 g/mol. The summed E-state index contributed by atoms with van der Waals surface area (Å²) in [6.07, 6.45) is 8.04. The van der Waals surface area contributed by atoms with Gasteiger partial charge in [-0.1, -0.05) is 57.3 Å². The van der Waals surface area contributed by atoms with Crippen LogP contribution < -0.4 is 10.9 Å². The fourth-order valence-electron chi connectivity index (χ4n) is 4.38. The molecule has 0 radical (unpaired) electrons. The summed E-state index contributed by atoms with van der Waals surface area (Å²) in [6, 6.07) is -0.662. The van der Waals surface area contributed by atoms with Gasteiger partial charge in [0.25, 0.3) is 5.56 Å². The maximum Gasteiger partial charge on any atom is 0.293 e. The lowest BCUT2D eigenvalue weighted by atomic mass is 9.91. The number of anilines is 1. The van der Waals surface area contributed by atoms with Gasteiger partial charge >= 0.3 is 0 Å². The Hall–Kier alpha value is -2.88. The van der Waals surface area contributed by atoms with Crippen LogP contribution in [0.2, 0.25) is 0 Å². The van der Waals surface area contributed by atoms with E-state index in [0.717, 1.165) is 19.4 Å². The number of ketones is 2. The van der Waals surface area contributed by atoms with Crippen molar-refractivity contribution < 1.29 is 14.2 Å². The molecule has 10 heteroatoms. The number of rotatable bonds is 18. The molecule has 2 atom stereocenters. The molecule has 0 aliphatic heterocycles. The fourth-order valence-corrected chi connectivity index (χ4v) is 4.38. The zero-order chi connectivity index (χ0) is 27.4. The second-order valence-electron chi connectivity index (χ2n) is 9.76. The highest BCUT2D eigenvalue weighted by Crippen LogP contribution is 2.20. The van der Waals surface area contributed by atoms with Crippen molar-refractivity contribution in [3.05, 3.63) is 33.6 Å². The van der Waals surface area contributed by atoms with Gasteiger partial charge in [0.15, 0.2) is 11.6 Å². The van der Waals surface area contributed by atoms with Crippen LogP contribution in [0.15, 0.2) is 15.6 Å². The molecule has 2 aromatic rings. The van der Waals surface area contributed by atoms with Gasteiger partial charge in [-0.2, -0.15) is 0 Å². The van der Waals surface area contributed by atoms with Crippen LogP contribution in [-0.2, 0) is 22.6 Å². The normalized spacial score (nSPS) is 13.1. The number of aryl methyl sites for hydroxylation is 2. The molecule has 1 N–H and O–H groups in total. The van der Waals surface area contributed by atoms with Crippen LogP contribution in [-0.4, -0.2) is 56.5 Å². The third kappa shape index (κ3) is 8.87. The highest BCUT2D eigenvalue weighted by Gasteiger charge is 2.27. The van der Waals surface area contributed by atoms with Crippen molar-refractivity contribution in [1.82, 2.24) is 24.8 Å². The molecule has 2 heterocycles. The molecule has 0 bridgehead atoms. The first-order valence-corrected chi connectivity index (χ1v) is 13.6. The van der Waals surface area contributed by atoms with E-state index < -0.39 is 6.04 Å². The number of nitrogens with one attached hydrogen (secondary N) is 1. The molecule has 2 rings (SSSR count). The molecule has 0 aromatic carbocycles. The lowest BCUT2D eigenvalue weighted by Gasteiger charge is -2.23. The van der Waals surface area contributed by atoms with Crippen LogP contribution in [0.5, 0.6) is 0 Å². The first-order valence-electron chi connectivity index (χ1n) is 13.6. The predicted molar refractivity (Wildman–Crippen MR) is 144 cm³/mol. The van der Waals surface area contributed by atoms with Crippen molar-refractivity contribution in [2.75, 3.05) is 25.5 Å². The SMILES string of the molecule is CCCCCCN(C)CC(=O)[C@H](CC)CC(=O)C(CC)n1cc(CC)nc(NCc2nonc2C)c1=O. The van der Waals surface area contributed by atoms with Crippen molar-refractivity contribution in [2.24, 2.45) is 5.92 Å². The number of aromatic nitrogens is 4. The van der Waals surface area contributed by atoms with Gasteiger partial charge in [-0.05, 0) is 46.2 Å². The topological polar surface area (TPSA) is 123 Å². The van der Waals surface area contributed by atoms with Crippen LogP contribution >= 0.6 is 0 Å². The lowest BCUT2D eigenvalue weighted by molar-refractivity contribution is -0.130. The number of likely N-dealkylation sites (N-methyl/N-ethyl adjacent to an activating group) is 1. The Bertz CT molecular complexity index is 1060. The minimum Gasteiger partial charge on any atom is -0.360 e. The average Bonchev–Trinajstić information content (AvgIpc) is 3.30. The number of carbonyl (C=O) groups is 2. The molecule has 0 amide bonds. The fraction of sp³-hybridized carbons (Fsp3) is 0.704. The van der Waals surface area contributed by atoms with E-state index in [9.17, 15) is 14.4 Å². The third-order valence-corrected chi connectivity index (χ3v) is 6.82. The Morgan fingerprint density at radius 2 is 1.84 bits per heavy atom. The molecule has 0 saturated carbocycles. The molecule has 0 aliphatic carbocycles. The standard InChI is InChI=1S/C27H44N6O4/c1-7-11-12-13-14-32(6)18-25(35)20(8-2)15-24(34)23(10-4)33-17-21(9-3)29-26(27(33)36)28-16-22-19(5)30-37-31-22/h17,20,23H,7-16,18H2,1-6H3,(H,28,29)/t20-,23?/m1/s1. The summed E-state index contributed by atoms with van der Waals surface area (Å²) in [5.41, 5.74) is 1.52. The number of nitrogens with zero attached hydrogens (tertiary/aromatic N) is 5. The van der Waals surface area contributed by atoms with Gasteiger partial charge in [-0.25, -0.2) is 9.61 Å². The van der Waals surface area contributed by atoms with E-state index in [4.69, 9.17) is 4.63 Å². The summed E-state index contributed by atoms with van der Waals surface area (Å²) < 4.78 is 6.19. The Morgan fingerprint density at radius 1 is 1.08 bits per heavy atom. The number of carbonyl (C=O) groups excluding carboxylic acids is 2. The van der Waals surface area contributed by atoms with Gasteiger partial charge in [0.05, 0.1) is 24.8 Å². The first kappa shape index (κ1) is 30.3. The number of hydrogen-bond acceptors (Lipinski definition) is 9. The smallest absolute Gasteiger partial charge is 0.293 e. The Balaban J connectivity index is 2.14. The van der Waals surface area contributed by atoms with Crippen LogP contribution in [0.3, 0.4) is 0 Å². The highest BCUT2D eigenvalue weighted by molar-refractivity contribution is 5.90. The molecule has 10 nitrogen and oxygen atoms in total. The summed E-state index contributed by atoms with van der Waals surface area (Å²) in [5.74, 6) is -0.228. The molecular weight excluding hydrogens is 472 g/mol. The second kappa shape index (κ2) is 15.4. The zero-order valence-corrected chi connectivity index (χ0v) is 23.4. The third-order valence-electron chi connectivity index (χ3n) is 6.82. The van der Waals surface area contributed by atoms with Gasteiger partial charge in [0.1, 0.15) is 17.2 Å². The van der Waals surface area contributed by atoms with E-state index in [-0.39, 0.29) is 41.8 Å². The van der Waals surface area contributed by atoms with Crippen molar-refractivity contribution in [1.29, 1.82) is 0 Å². The maximum atomic E-state index is 13.4. The molecule has 2 aromatic heterocycles. The Morgan fingerprint density at radius 3 is 2.43 bits per heavy atom. The van der Waals surface area contributed by atoms with E-state index in [1.54, 1.807) is 13.1 Å². The Kier molecular flexibility index (Phi) is 12.6.